The molecule has 4 nitrogen and oxygen atoms in total. The van der Waals surface area contributed by atoms with Crippen molar-refractivity contribution in [2.75, 3.05) is 0 Å². The Kier molecular flexibility index (Phi) is 3.79. The minimum Gasteiger partial charge on any atom is -0.463 e. The van der Waals surface area contributed by atoms with Crippen LogP contribution in [0, 0.1) is 29.6 Å². The number of carbonyl (C=O) groups is 2. The zero-order valence-electron chi connectivity index (χ0n) is 14.0. The lowest BCUT2D eigenvalue weighted by Crippen LogP contribution is -2.53. The summed E-state index contributed by atoms with van der Waals surface area (Å²) in [6.07, 6.45) is 8.70. The summed E-state index contributed by atoms with van der Waals surface area (Å²) >= 11 is 0. The van der Waals surface area contributed by atoms with Crippen LogP contribution in [0.4, 0.5) is 0 Å². The average Bonchev–Trinajstić information content (AvgIpc) is 2.82. The number of hydrogen-bond donors (Lipinski definition) is 1. The molecule has 0 radical (unpaired) electrons. The van der Waals surface area contributed by atoms with Crippen molar-refractivity contribution in [3.8, 4) is 0 Å². The molecule has 0 aromatic carbocycles. The van der Waals surface area contributed by atoms with Crippen LogP contribution in [-0.4, -0.2) is 28.6 Å². The fourth-order valence-corrected chi connectivity index (χ4v) is 6.55. The lowest BCUT2D eigenvalue weighted by Gasteiger charge is -2.54. The topological polar surface area (TPSA) is 63.6 Å². The lowest BCUT2D eigenvalue weighted by atomic mass is 9.52. The molecule has 1 N–H and O–H groups in total. The minimum absolute atomic E-state index is 0.0820. The van der Waals surface area contributed by atoms with Gasteiger partial charge in [-0.25, -0.2) is 0 Å². The highest BCUT2D eigenvalue weighted by Gasteiger charge is 2.58. The zero-order valence-corrected chi connectivity index (χ0v) is 14.0. The number of fused-ring (bicyclic) bond motifs is 5. The molecule has 4 aliphatic carbocycles. The van der Waals surface area contributed by atoms with Crippen LogP contribution in [0.25, 0.3) is 0 Å². The zero-order chi connectivity index (χ0) is 16.2. The van der Waals surface area contributed by atoms with Gasteiger partial charge in [-0.05, 0) is 81.0 Å². The molecule has 4 rings (SSSR count). The number of carbonyl (C=O) groups excluding carboxylic acids is 2. The van der Waals surface area contributed by atoms with Crippen molar-refractivity contribution in [2.45, 2.75) is 76.4 Å². The van der Waals surface area contributed by atoms with E-state index in [1.165, 1.54) is 26.2 Å². The second kappa shape index (κ2) is 5.58. The highest BCUT2D eigenvalue weighted by atomic mass is 16.5. The smallest absolute Gasteiger partial charge is 0.302 e. The summed E-state index contributed by atoms with van der Waals surface area (Å²) in [5.74, 6) is 2.59. The van der Waals surface area contributed by atoms with Gasteiger partial charge in [0.05, 0.1) is 0 Å². The molecule has 128 valence electrons. The summed E-state index contributed by atoms with van der Waals surface area (Å²) in [5, 5.41) is 10.9. The summed E-state index contributed by atoms with van der Waals surface area (Å²) in [5.41, 5.74) is -1.02. The molecule has 1 unspecified atom stereocenters. The molecular formula is C19H28O4. The van der Waals surface area contributed by atoms with E-state index in [-0.39, 0.29) is 23.8 Å². The molecule has 0 bridgehead atoms. The number of esters is 1. The Hall–Kier alpha value is -0.900. The molecule has 0 heterocycles. The van der Waals surface area contributed by atoms with Crippen LogP contribution >= 0.6 is 0 Å². The molecule has 0 saturated heterocycles. The van der Waals surface area contributed by atoms with E-state index in [4.69, 9.17) is 4.74 Å². The van der Waals surface area contributed by atoms with E-state index in [1.54, 1.807) is 0 Å². The van der Waals surface area contributed by atoms with Crippen molar-refractivity contribution in [2.24, 2.45) is 29.6 Å². The molecule has 0 aromatic heterocycles. The third-order valence-electron chi connectivity index (χ3n) is 7.46. The van der Waals surface area contributed by atoms with Gasteiger partial charge in [-0.2, -0.15) is 0 Å². The predicted octanol–water partition coefficient (Wildman–Crippen LogP) is 2.86. The van der Waals surface area contributed by atoms with Gasteiger partial charge in [0.2, 0.25) is 0 Å². The second-order valence-electron chi connectivity index (χ2n) is 8.40. The molecule has 4 fully saturated rings. The van der Waals surface area contributed by atoms with Gasteiger partial charge in [0.15, 0.2) is 5.78 Å². The Bertz CT molecular complexity index is 515. The van der Waals surface area contributed by atoms with Gasteiger partial charge in [-0.1, -0.05) is 0 Å². The first kappa shape index (κ1) is 15.6. The monoisotopic (exact) mass is 320 g/mol. The van der Waals surface area contributed by atoms with E-state index >= 15 is 0 Å². The van der Waals surface area contributed by atoms with Crippen molar-refractivity contribution >= 4 is 11.8 Å². The van der Waals surface area contributed by atoms with Gasteiger partial charge in [0.1, 0.15) is 11.7 Å². The predicted molar refractivity (Wildman–Crippen MR) is 84.5 cm³/mol. The number of rotatable bonds is 1. The van der Waals surface area contributed by atoms with Crippen molar-refractivity contribution in [3.05, 3.63) is 0 Å². The fraction of sp³-hybridized carbons (Fsp3) is 0.895. The van der Waals surface area contributed by atoms with E-state index in [1.807, 2.05) is 0 Å². The van der Waals surface area contributed by atoms with E-state index in [2.05, 4.69) is 0 Å². The maximum atomic E-state index is 12.2. The van der Waals surface area contributed by atoms with Gasteiger partial charge in [0, 0.05) is 13.3 Å². The molecule has 7 atom stereocenters. The summed E-state index contributed by atoms with van der Waals surface area (Å²) in [4.78, 5) is 23.4. The number of hydrogen-bond acceptors (Lipinski definition) is 4. The second-order valence-corrected chi connectivity index (χ2v) is 8.40. The third kappa shape index (κ3) is 2.45. The first-order valence-corrected chi connectivity index (χ1v) is 9.42. The average molecular weight is 320 g/mol. The highest BCUT2D eigenvalue weighted by molar-refractivity contribution is 5.89. The Balaban J connectivity index is 1.53. The molecule has 23 heavy (non-hydrogen) atoms. The van der Waals surface area contributed by atoms with Crippen LogP contribution in [0.3, 0.4) is 0 Å². The molecule has 0 amide bonds. The largest absolute Gasteiger partial charge is 0.463 e. The number of aliphatic hydroxyl groups is 1. The summed E-state index contributed by atoms with van der Waals surface area (Å²) in [7, 11) is 0. The highest BCUT2D eigenvalue weighted by Crippen LogP contribution is 2.58. The van der Waals surface area contributed by atoms with Crippen molar-refractivity contribution in [1.82, 2.24) is 0 Å². The Morgan fingerprint density at radius 2 is 1.87 bits per heavy atom. The third-order valence-corrected chi connectivity index (χ3v) is 7.46. The van der Waals surface area contributed by atoms with Crippen LogP contribution in [0.2, 0.25) is 0 Å². The first-order valence-electron chi connectivity index (χ1n) is 9.42. The molecule has 0 aromatic rings. The number of Topliss-reactive ketones (excluding diaryl/α,β-unsaturated/α-hetero) is 1. The number of ketones is 1. The minimum atomic E-state index is -1.02. The fourth-order valence-electron chi connectivity index (χ4n) is 6.55. The van der Waals surface area contributed by atoms with Gasteiger partial charge < -0.3 is 9.84 Å². The van der Waals surface area contributed by atoms with Crippen molar-refractivity contribution in [3.63, 3.8) is 0 Å². The van der Waals surface area contributed by atoms with Crippen LogP contribution in [0.1, 0.15) is 64.7 Å². The normalized spacial score (nSPS) is 49.0. The summed E-state index contributed by atoms with van der Waals surface area (Å²) < 4.78 is 5.50. The Labute approximate surface area is 138 Å². The maximum absolute atomic E-state index is 12.2. The van der Waals surface area contributed by atoms with Crippen molar-refractivity contribution < 1.29 is 19.4 Å². The van der Waals surface area contributed by atoms with E-state index in [0.29, 0.717) is 30.6 Å². The van der Waals surface area contributed by atoms with E-state index < -0.39 is 5.60 Å². The van der Waals surface area contributed by atoms with Gasteiger partial charge >= 0.3 is 5.97 Å². The van der Waals surface area contributed by atoms with Crippen LogP contribution in [0.5, 0.6) is 0 Å². The lowest BCUT2D eigenvalue weighted by molar-refractivity contribution is -0.159. The molecule has 0 aliphatic heterocycles. The van der Waals surface area contributed by atoms with Crippen molar-refractivity contribution in [1.29, 1.82) is 0 Å². The maximum Gasteiger partial charge on any atom is 0.302 e. The number of ether oxygens (including phenoxy) is 1. The standard InChI is InChI=1S/C19H28O4/c1-11(20)23-13-4-2-12-3-5-15-14(16(12)10-13)8-9-19(22)17(15)6-7-18(19)21/h12-17,22H,2-10H2,1H3/t12-,13-,14+,15-,16+,17-,19?/m1/s1. The van der Waals surface area contributed by atoms with Gasteiger partial charge in [-0.15, -0.1) is 0 Å². The summed E-state index contributed by atoms with van der Waals surface area (Å²) in [6.45, 7) is 1.50. The van der Waals surface area contributed by atoms with Crippen LogP contribution in [0.15, 0.2) is 0 Å². The molecule has 4 aliphatic rings. The summed E-state index contributed by atoms with van der Waals surface area (Å²) in [6, 6.07) is 0. The van der Waals surface area contributed by atoms with Gasteiger partial charge in [-0.3, -0.25) is 9.59 Å². The van der Waals surface area contributed by atoms with Crippen LogP contribution < -0.4 is 0 Å². The molecule has 4 saturated carbocycles. The Morgan fingerprint density at radius 1 is 1.09 bits per heavy atom. The molecular weight excluding hydrogens is 292 g/mol. The first-order chi connectivity index (χ1) is 11.0. The molecule has 0 spiro atoms. The molecule has 4 heteroatoms. The Morgan fingerprint density at radius 3 is 2.65 bits per heavy atom. The van der Waals surface area contributed by atoms with E-state index in [0.717, 1.165) is 31.6 Å². The van der Waals surface area contributed by atoms with Gasteiger partial charge in [0.25, 0.3) is 0 Å². The van der Waals surface area contributed by atoms with E-state index in [9.17, 15) is 14.7 Å². The quantitative estimate of drug-likeness (QED) is 0.755. The SMILES string of the molecule is CC(=O)O[C@@H]1CC[C@@H]2CC[C@@H]3[C@H](CCC4(O)C(=O)CC[C@H]34)[C@H]2C1. The van der Waals surface area contributed by atoms with Crippen LogP contribution in [-0.2, 0) is 14.3 Å².